The minimum absolute atomic E-state index is 0.269. The number of hydrogen-bond acceptors (Lipinski definition) is 15. The number of nitrogens with zero attached hydrogens (tertiary/aromatic N) is 8. The van der Waals surface area contributed by atoms with Crippen LogP contribution in [-0.2, 0) is 41.5 Å². The normalized spacial score (nSPS) is 34.3. The third kappa shape index (κ3) is 4.75. The number of benzene rings is 1. The molecule has 0 saturated carbocycles. The Morgan fingerprint density at radius 2 is 1.16 bits per heavy atom. The molecular weight excluding hydrogens is 584 g/mol. The van der Waals surface area contributed by atoms with Crippen LogP contribution < -0.4 is 0 Å². The van der Waals surface area contributed by atoms with Gasteiger partial charge >= 0.3 is 0 Å². The van der Waals surface area contributed by atoms with Crippen molar-refractivity contribution in [2.24, 2.45) is 0 Å². The quantitative estimate of drug-likeness (QED) is 0.309. The van der Waals surface area contributed by atoms with Crippen LogP contribution in [-0.4, -0.2) is 110 Å². The minimum atomic E-state index is -0.862. The molecule has 0 amide bonds. The highest BCUT2D eigenvalue weighted by Crippen LogP contribution is 2.39. The van der Waals surface area contributed by atoms with Crippen molar-refractivity contribution < 1.29 is 38.6 Å². The van der Waals surface area contributed by atoms with Crippen LogP contribution in [0.3, 0.4) is 0 Å². The van der Waals surface area contributed by atoms with Gasteiger partial charge in [-0.3, -0.25) is 0 Å². The summed E-state index contributed by atoms with van der Waals surface area (Å²) in [5.74, 6) is -1.60. The van der Waals surface area contributed by atoms with Crippen LogP contribution in [0.15, 0.2) is 24.5 Å². The molecule has 4 saturated heterocycles. The molecule has 8 rings (SSSR count). The summed E-state index contributed by atoms with van der Waals surface area (Å²) in [6.07, 6.45) is -1.67. The van der Waals surface area contributed by atoms with Crippen molar-refractivity contribution in [3.63, 3.8) is 0 Å². The van der Waals surface area contributed by atoms with E-state index in [0.29, 0.717) is 22.4 Å². The van der Waals surface area contributed by atoms with Crippen LogP contribution in [0, 0.1) is 0 Å². The highest BCUT2D eigenvalue weighted by Gasteiger charge is 2.55. The molecule has 0 spiro atoms. The predicted molar refractivity (Wildman–Crippen MR) is 145 cm³/mol. The van der Waals surface area contributed by atoms with Crippen molar-refractivity contribution in [3.8, 4) is 22.5 Å². The molecule has 0 radical (unpaired) electrons. The number of ether oxygens (including phenoxy) is 6. The lowest BCUT2D eigenvalue weighted by Crippen LogP contribution is -2.36. The average molecular weight is 615 g/mol. The van der Waals surface area contributed by atoms with Gasteiger partial charge in [-0.1, -0.05) is 10.4 Å². The van der Waals surface area contributed by atoms with Crippen LogP contribution >= 0.6 is 11.7 Å². The van der Waals surface area contributed by atoms with E-state index in [1.165, 1.54) is 0 Å². The van der Waals surface area contributed by atoms with Gasteiger partial charge < -0.3 is 38.6 Å². The molecule has 43 heavy (non-hydrogen) atoms. The number of hydrogen-bond donors (Lipinski definition) is 2. The van der Waals surface area contributed by atoms with E-state index in [2.05, 4.69) is 29.4 Å². The van der Waals surface area contributed by atoms with Gasteiger partial charge in [-0.15, -0.1) is 10.2 Å². The van der Waals surface area contributed by atoms with Gasteiger partial charge in [0.2, 0.25) is 0 Å². The molecule has 8 atom stereocenters. The fourth-order valence-corrected chi connectivity index (χ4v) is 6.66. The van der Waals surface area contributed by atoms with Crippen molar-refractivity contribution in [3.05, 3.63) is 24.5 Å². The van der Waals surface area contributed by atoms with Crippen LogP contribution in [0.2, 0.25) is 0 Å². The maximum atomic E-state index is 10.7. The molecule has 228 valence electrons. The lowest BCUT2D eigenvalue weighted by molar-refractivity contribution is -0.216. The molecule has 4 aromatic rings. The van der Waals surface area contributed by atoms with Gasteiger partial charge in [0.25, 0.3) is 0 Å². The zero-order chi connectivity index (χ0) is 29.7. The highest BCUT2D eigenvalue weighted by atomic mass is 32.1. The third-order valence-corrected chi connectivity index (χ3v) is 8.54. The number of rotatable bonds is 6. The largest absolute Gasteiger partial charge is 0.387 e. The van der Waals surface area contributed by atoms with E-state index in [1.54, 1.807) is 49.5 Å². The van der Waals surface area contributed by atoms with E-state index in [0.717, 1.165) is 22.9 Å². The van der Waals surface area contributed by atoms with Crippen molar-refractivity contribution >= 4 is 22.8 Å². The lowest BCUT2D eigenvalue weighted by atomic mass is 10.0. The van der Waals surface area contributed by atoms with Gasteiger partial charge in [-0.2, -0.15) is 8.75 Å². The zero-order valence-electron chi connectivity index (χ0n) is 23.7. The number of aromatic nitrogens is 8. The Morgan fingerprint density at radius 3 is 1.58 bits per heavy atom. The molecular formula is C26H30N8O8S. The Labute approximate surface area is 248 Å². The summed E-state index contributed by atoms with van der Waals surface area (Å²) < 4.78 is 47.1. The van der Waals surface area contributed by atoms with Crippen molar-refractivity contribution in [2.75, 3.05) is 0 Å². The molecule has 4 fully saturated rings. The predicted octanol–water partition coefficient (Wildman–Crippen LogP) is 0.683. The smallest absolute Gasteiger partial charge is 0.190 e. The zero-order valence-corrected chi connectivity index (χ0v) is 24.5. The summed E-state index contributed by atoms with van der Waals surface area (Å²) in [5.41, 5.74) is 4.00. The summed E-state index contributed by atoms with van der Waals surface area (Å²) in [4.78, 5) is 0. The van der Waals surface area contributed by atoms with Crippen LogP contribution in [0.25, 0.3) is 33.5 Å². The summed E-state index contributed by atoms with van der Waals surface area (Å²) in [7, 11) is 0. The Kier molecular flexibility index (Phi) is 6.24. The fourth-order valence-electron chi connectivity index (χ4n) is 6.09. The molecule has 17 heteroatoms. The Morgan fingerprint density at radius 1 is 0.721 bits per heavy atom. The standard InChI is InChI=1S/C26H30N8O8S/c1-25(2)39-21-19(35)15(37-23(21)41-25)9-33-7-13(27-31-33)11-5-6-12(18-17(11)29-43-30-18)14-8-34(32-28-14)10-16-20(36)22-24(38-16)42-26(3,4)40-22/h5-8,15-16,19-24,35-36H,9-10H2,1-4H3/t15-,16-,19+,20+,21-,22-,23-,24-/m1/s1. The van der Waals surface area contributed by atoms with Gasteiger partial charge in [-0.05, 0) is 39.8 Å². The molecule has 16 nitrogen and oxygen atoms in total. The van der Waals surface area contributed by atoms with E-state index >= 15 is 0 Å². The van der Waals surface area contributed by atoms with E-state index < -0.39 is 60.8 Å². The summed E-state index contributed by atoms with van der Waals surface area (Å²) in [6, 6.07) is 3.78. The second-order valence-corrected chi connectivity index (χ2v) is 12.6. The third-order valence-electron chi connectivity index (χ3n) is 8.01. The molecule has 2 N–H and O–H groups in total. The molecule has 3 aromatic heterocycles. The van der Waals surface area contributed by atoms with E-state index in [-0.39, 0.29) is 13.1 Å². The number of aliphatic hydroxyl groups excluding tert-OH is 2. The van der Waals surface area contributed by atoms with Crippen LogP contribution in [0.4, 0.5) is 0 Å². The summed E-state index contributed by atoms with van der Waals surface area (Å²) in [6.45, 7) is 7.68. The Hall–Kier alpha value is -3.00. The molecule has 0 unspecified atom stereocenters. The van der Waals surface area contributed by atoms with Gasteiger partial charge in [0.15, 0.2) is 24.2 Å². The van der Waals surface area contributed by atoms with E-state index in [1.807, 2.05) is 12.1 Å². The molecule has 4 aliphatic rings. The number of aliphatic hydroxyl groups is 2. The highest BCUT2D eigenvalue weighted by molar-refractivity contribution is 7.00. The molecule has 7 heterocycles. The second-order valence-electron chi connectivity index (χ2n) is 12.0. The van der Waals surface area contributed by atoms with Crippen molar-refractivity contribution in [1.29, 1.82) is 0 Å². The lowest BCUT2D eigenvalue weighted by Gasteiger charge is -2.22. The SMILES string of the molecule is CC1(C)O[C@H]2O[C@H](Cn3cc(-c4ccc(-c5cn(C[C@H]6O[C@@H]7OC(C)(C)O[C@@H]7[C@H]6O)nn5)c5nsnc45)nn3)[C@H](O)[C@H]2O1. The molecule has 4 aliphatic heterocycles. The maximum Gasteiger partial charge on any atom is 0.190 e. The monoisotopic (exact) mass is 614 g/mol. The molecule has 1 aromatic carbocycles. The summed E-state index contributed by atoms with van der Waals surface area (Å²) >= 11 is 1.08. The topological polar surface area (TPSA) is 183 Å². The minimum Gasteiger partial charge on any atom is -0.387 e. The first-order valence-corrected chi connectivity index (χ1v) is 14.7. The van der Waals surface area contributed by atoms with Crippen molar-refractivity contribution in [2.45, 2.75) is 102 Å². The maximum absolute atomic E-state index is 10.7. The van der Waals surface area contributed by atoms with E-state index in [9.17, 15) is 10.2 Å². The molecule has 0 bridgehead atoms. The van der Waals surface area contributed by atoms with Gasteiger partial charge in [0.1, 0.15) is 59.0 Å². The van der Waals surface area contributed by atoms with Gasteiger partial charge in [-0.25, -0.2) is 9.36 Å². The first-order valence-electron chi connectivity index (χ1n) is 14.0. The average Bonchev–Trinajstić information content (AvgIpc) is 3.79. The van der Waals surface area contributed by atoms with E-state index in [4.69, 9.17) is 28.4 Å². The first kappa shape index (κ1) is 27.5. The number of fused-ring (bicyclic) bond motifs is 3. The fraction of sp³-hybridized carbons (Fsp3) is 0.615. The van der Waals surface area contributed by atoms with Crippen LogP contribution in [0.5, 0.6) is 0 Å². The summed E-state index contributed by atoms with van der Waals surface area (Å²) in [5, 5.41) is 38.6. The van der Waals surface area contributed by atoms with Gasteiger partial charge in [0.05, 0.1) is 37.2 Å². The van der Waals surface area contributed by atoms with Gasteiger partial charge in [0, 0.05) is 11.1 Å². The van der Waals surface area contributed by atoms with Crippen molar-refractivity contribution in [1.82, 2.24) is 38.7 Å². The molecule has 0 aliphatic carbocycles. The first-order chi connectivity index (χ1) is 20.5. The van der Waals surface area contributed by atoms with Crippen LogP contribution in [0.1, 0.15) is 27.7 Å². The second kappa shape index (κ2) is 9.75. The Balaban J connectivity index is 0.978. The Bertz CT molecular complexity index is 1550.